The van der Waals surface area contributed by atoms with Gasteiger partial charge in [0, 0.05) is 6.42 Å². The highest BCUT2D eigenvalue weighted by molar-refractivity contribution is 5.60. The fourth-order valence-electron chi connectivity index (χ4n) is 9.33. The van der Waals surface area contributed by atoms with Crippen LogP contribution in [0.2, 0.25) is 0 Å². The summed E-state index contributed by atoms with van der Waals surface area (Å²) < 4.78 is 11.9. The Balaban J connectivity index is 0.00000420. The van der Waals surface area contributed by atoms with Crippen LogP contribution in [0.3, 0.4) is 0 Å². The van der Waals surface area contributed by atoms with Crippen molar-refractivity contribution in [1.29, 1.82) is 0 Å². The Labute approximate surface area is 256 Å². The number of ether oxygens (including phenoxy) is 2. The van der Waals surface area contributed by atoms with Gasteiger partial charge in [0.05, 0.1) is 26.7 Å². The Hall–Kier alpha value is -0.340. The Kier molecular flexibility index (Phi) is 10.6. The minimum atomic E-state index is -0.544. The molecule has 0 aliphatic heterocycles. The van der Waals surface area contributed by atoms with Crippen molar-refractivity contribution in [2.24, 2.45) is 40.4 Å². The van der Waals surface area contributed by atoms with Crippen molar-refractivity contribution in [2.75, 3.05) is 34.3 Å². The average Bonchev–Trinajstić information content (AvgIpc) is 3.15. The van der Waals surface area contributed by atoms with Crippen LogP contribution in [0.1, 0.15) is 105 Å². The van der Waals surface area contributed by atoms with Crippen molar-refractivity contribution in [3.05, 3.63) is 11.6 Å². The second kappa shape index (κ2) is 12.5. The topological polar surface area (TPSA) is 55.8 Å². The standard InChI is InChI=1S/C33H58NO4.HI/c1-23(10-9-17-31(2,3)36)27-13-14-28-26-12-11-24-22-25(38-30(35)37-21-20-34(6,7)8)15-18-32(24,4)29(26)16-19-33(27,28)5;/h11,23,25-29,36H,9-10,12-22H2,1-8H3;1H/q+1;/p-1/t23-,25+,26+,27-,28+,29+,32+,33-;/m1./s1. The van der Waals surface area contributed by atoms with E-state index in [-0.39, 0.29) is 35.5 Å². The third-order valence-electron chi connectivity index (χ3n) is 11.5. The minimum Gasteiger partial charge on any atom is -1.00 e. The number of fused-ring (bicyclic) bond motifs is 5. The van der Waals surface area contributed by atoms with E-state index in [1.54, 1.807) is 5.57 Å². The van der Waals surface area contributed by atoms with Gasteiger partial charge in [0.1, 0.15) is 19.3 Å². The van der Waals surface area contributed by atoms with Gasteiger partial charge in [0.2, 0.25) is 0 Å². The number of carbonyl (C=O) groups excluding carboxylic acids is 1. The van der Waals surface area contributed by atoms with E-state index in [1.165, 1.54) is 38.5 Å². The summed E-state index contributed by atoms with van der Waals surface area (Å²) in [4.78, 5) is 12.3. The molecule has 3 fully saturated rings. The van der Waals surface area contributed by atoms with Crippen LogP contribution >= 0.6 is 0 Å². The van der Waals surface area contributed by atoms with Crippen molar-refractivity contribution in [1.82, 2.24) is 0 Å². The molecule has 0 aromatic carbocycles. The predicted molar refractivity (Wildman–Crippen MR) is 154 cm³/mol. The summed E-state index contributed by atoms with van der Waals surface area (Å²) in [5.74, 6) is 3.96. The van der Waals surface area contributed by atoms with E-state index in [2.05, 4.69) is 48.0 Å². The molecule has 0 aromatic rings. The van der Waals surface area contributed by atoms with Crippen molar-refractivity contribution >= 4 is 6.16 Å². The van der Waals surface area contributed by atoms with Crippen LogP contribution in [0.25, 0.3) is 0 Å². The normalized spacial score (nSPS) is 36.9. The number of likely N-dealkylation sites (N-methyl/N-ethyl adjacent to an activating group) is 1. The molecule has 226 valence electrons. The zero-order chi connectivity index (χ0) is 27.9. The van der Waals surface area contributed by atoms with Crippen LogP contribution in [0, 0.1) is 40.4 Å². The van der Waals surface area contributed by atoms with Gasteiger partial charge in [-0.3, -0.25) is 0 Å². The molecule has 0 radical (unpaired) electrons. The Morgan fingerprint density at radius 2 is 1.85 bits per heavy atom. The number of halogens is 1. The van der Waals surface area contributed by atoms with Gasteiger partial charge < -0.3 is 43.0 Å². The van der Waals surface area contributed by atoms with Crippen LogP contribution in [-0.4, -0.2) is 61.7 Å². The molecule has 4 aliphatic carbocycles. The first-order chi connectivity index (χ1) is 17.6. The average molecular weight is 660 g/mol. The number of aliphatic hydroxyl groups is 1. The first-order valence-corrected chi connectivity index (χ1v) is 15.7. The van der Waals surface area contributed by atoms with E-state index in [9.17, 15) is 9.90 Å². The third kappa shape index (κ3) is 7.55. The van der Waals surface area contributed by atoms with E-state index >= 15 is 0 Å². The summed E-state index contributed by atoms with van der Waals surface area (Å²) in [6.45, 7) is 12.7. The lowest BCUT2D eigenvalue weighted by Gasteiger charge is -2.58. The van der Waals surface area contributed by atoms with Crippen molar-refractivity contribution < 1.29 is 47.8 Å². The van der Waals surface area contributed by atoms with Crippen LogP contribution in [0.15, 0.2) is 11.6 Å². The van der Waals surface area contributed by atoms with Gasteiger partial charge >= 0.3 is 6.16 Å². The summed E-state index contributed by atoms with van der Waals surface area (Å²) in [6.07, 6.45) is 14.9. The summed E-state index contributed by atoms with van der Waals surface area (Å²) in [5, 5.41) is 10.2. The first-order valence-electron chi connectivity index (χ1n) is 15.7. The third-order valence-corrected chi connectivity index (χ3v) is 11.5. The summed E-state index contributed by atoms with van der Waals surface area (Å²) in [7, 11) is 6.29. The van der Waals surface area contributed by atoms with E-state index in [4.69, 9.17) is 9.47 Å². The van der Waals surface area contributed by atoms with Gasteiger partial charge in [-0.15, -0.1) is 0 Å². The molecule has 0 heterocycles. The molecule has 0 amide bonds. The molecular formula is C33H58INO4. The van der Waals surface area contributed by atoms with Gasteiger partial charge in [-0.05, 0) is 106 Å². The number of nitrogens with zero attached hydrogens (tertiary/aromatic N) is 1. The quantitative estimate of drug-likeness (QED) is 0.173. The highest BCUT2D eigenvalue weighted by atomic mass is 127. The molecule has 0 aromatic heterocycles. The number of quaternary nitrogens is 1. The van der Waals surface area contributed by atoms with Gasteiger partial charge in [-0.1, -0.05) is 45.3 Å². The summed E-state index contributed by atoms with van der Waals surface area (Å²) >= 11 is 0. The summed E-state index contributed by atoms with van der Waals surface area (Å²) in [5.41, 5.74) is 1.73. The maximum Gasteiger partial charge on any atom is 0.508 e. The van der Waals surface area contributed by atoms with Gasteiger partial charge in [0.25, 0.3) is 0 Å². The van der Waals surface area contributed by atoms with Gasteiger partial charge in [-0.25, -0.2) is 4.79 Å². The van der Waals surface area contributed by atoms with Gasteiger partial charge in [0.15, 0.2) is 0 Å². The van der Waals surface area contributed by atoms with E-state index < -0.39 is 11.8 Å². The number of allylic oxidation sites excluding steroid dienone is 1. The molecular weight excluding hydrogens is 601 g/mol. The minimum absolute atomic E-state index is 0. The smallest absolute Gasteiger partial charge is 0.508 e. The molecule has 6 heteroatoms. The second-order valence-corrected chi connectivity index (χ2v) is 15.8. The molecule has 0 saturated heterocycles. The lowest BCUT2D eigenvalue weighted by Crippen LogP contribution is -3.00. The molecule has 0 bridgehead atoms. The summed E-state index contributed by atoms with van der Waals surface area (Å²) in [6, 6.07) is 0. The highest BCUT2D eigenvalue weighted by Crippen LogP contribution is 2.67. The largest absolute Gasteiger partial charge is 1.00 e. The molecule has 3 saturated carbocycles. The van der Waals surface area contributed by atoms with E-state index in [1.807, 2.05) is 13.8 Å². The van der Waals surface area contributed by atoms with Crippen molar-refractivity contribution in [2.45, 2.75) is 117 Å². The Morgan fingerprint density at radius 1 is 1.13 bits per heavy atom. The molecule has 39 heavy (non-hydrogen) atoms. The van der Waals surface area contributed by atoms with Crippen molar-refractivity contribution in [3.8, 4) is 0 Å². The number of carbonyl (C=O) groups is 1. The molecule has 1 N–H and O–H groups in total. The van der Waals surface area contributed by atoms with Crippen LogP contribution in [0.4, 0.5) is 4.79 Å². The number of rotatable bonds is 9. The zero-order valence-corrected chi connectivity index (χ0v) is 28.4. The number of hydrogen-bond acceptors (Lipinski definition) is 4. The van der Waals surface area contributed by atoms with Crippen LogP contribution < -0.4 is 24.0 Å². The van der Waals surface area contributed by atoms with Crippen LogP contribution in [-0.2, 0) is 9.47 Å². The lowest BCUT2D eigenvalue weighted by atomic mass is 9.47. The Morgan fingerprint density at radius 3 is 2.51 bits per heavy atom. The fourth-order valence-corrected chi connectivity index (χ4v) is 9.33. The van der Waals surface area contributed by atoms with E-state index in [0.717, 1.165) is 72.7 Å². The highest BCUT2D eigenvalue weighted by Gasteiger charge is 2.59. The van der Waals surface area contributed by atoms with E-state index in [0.29, 0.717) is 12.0 Å². The molecule has 0 unspecified atom stereocenters. The predicted octanol–water partition coefficient (Wildman–Crippen LogP) is 4.37. The molecule has 4 rings (SSSR count). The fraction of sp³-hybridized carbons (Fsp3) is 0.909. The maximum atomic E-state index is 12.3. The van der Waals surface area contributed by atoms with Crippen LogP contribution in [0.5, 0.6) is 0 Å². The molecule has 4 aliphatic rings. The molecule has 5 nitrogen and oxygen atoms in total. The zero-order valence-electron chi connectivity index (χ0n) is 26.2. The monoisotopic (exact) mass is 659 g/mol. The SMILES string of the molecule is C[C@H](CCCC(C)(C)O)[C@H]1CC[C@H]2[C@@H]3CC=C4C[C@@H](OC(=O)OCC[N+](C)(C)C)CC[C@]4(C)[C@H]3CC[C@]12C.[I-]. The molecule has 0 spiro atoms. The second-order valence-electron chi connectivity index (χ2n) is 15.8. The first kappa shape index (κ1) is 33.2. The van der Waals surface area contributed by atoms with Gasteiger partial charge in [-0.2, -0.15) is 0 Å². The van der Waals surface area contributed by atoms with Crippen molar-refractivity contribution in [3.63, 3.8) is 0 Å². The number of hydrogen-bond donors (Lipinski definition) is 1. The lowest BCUT2D eigenvalue weighted by molar-refractivity contribution is -0.870. The Bertz CT molecular complexity index is 876. The maximum absolute atomic E-state index is 12.3. The molecule has 8 atom stereocenters.